The van der Waals surface area contributed by atoms with Gasteiger partial charge in [-0.3, -0.25) is 19.3 Å². The van der Waals surface area contributed by atoms with E-state index in [9.17, 15) is 9.59 Å². The van der Waals surface area contributed by atoms with Crippen LogP contribution in [0.5, 0.6) is 0 Å². The van der Waals surface area contributed by atoms with Crippen LogP contribution in [0.15, 0.2) is 0 Å². The molecule has 0 spiro atoms. The molecular weight excluding hydrogens is 248 g/mol. The Morgan fingerprint density at radius 3 is 2.74 bits per heavy atom. The van der Waals surface area contributed by atoms with Crippen molar-refractivity contribution >= 4 is 11.8 Å². The lowest BCUT2D eigenvalue weighted by molar-refractivity contribution is -0.142. The van der Waals surface area contributed by atoms with Crippen molar-refractivity contribution in [3.63, 3.8) is 0 Å². The van der Waals surface area contributed by atoms with E-state index in [2.05, 4.69) is 15.7 Å². The molecule has 2 fully saturated rings. The number of piperidine rings is 1. The number of rotatable bonds is 5. The largest absolute Gasteiger partial charge is 0.368 e. The number of hydrogen-bond acceptors (Lipinski definition) is 5. The minimum absolute atomic E-state index is 0.143. The number of hydroxylamine groups is 1. The summed E-state index contributed by atoms with van der Waals surface area (Å²) in [5.74, 6) is -0.765. The first-order valence-corrected chi connectivity index (χ1v) is 6.85. The van der Waals surface area contributed by atoms with E-state index in [4.69, 9.17) is 10.6 Å². The smallest absolute Gasteiger partial charge is 0.260 e. The molecule has 0 aromatic carbocycles. The fourth-order valence-electron chi connectivity index (χ4n) is 2.89. The maximum absolute atomic E-state index is 12.0. The molecule has 0 radical (unpaired) electrons. The molecule has 108 valence electrons. The van der Waals surface area contributed by atoms with Gasteiger partial charge in [0.15, 0.2) is 6.61 Å². The van der Waals surface area contributed by atoms with Gasteiger partial charge in [-0.05, 0) is 45.3 Å². The summed E-state index contributed by atoms with van der Waals surface area (Å²) in [5.41, 5.74) is 7.27. The van der Waals surface area contributed by atoms with Gasteiger partial charge in [-0.2, -0.15) is 0 Å². The molecule has 2 aliphatic heterocycles. The number of carbonyl (C=O) groups is 2. The molecule has 19 heavy (non-hydrogen) atoms. The van der Waals surface area contributed by atoms with Gasteiger partial charge in [0.2, 0.25) is 5.91 Å². The Labute approximate surface area is 112 Å². The van der Waals surface area contributed by atoms with Crippen molar-refractivity contribution in [2.24, 2.45) is 5.73 Å². The first kappa shape index (κ1) is 14.2. The molecule has 1 unspecified atom stereocenters. The summed E-state index contributed by atoms with van der Waals surface area (Å²) >= 11 is 0. The van der Waals surface area contributed by atoms with Gasteiger partial charge in [0, 0.05) is 6.04 Å². The summed E-state index contributed by atoms with van der Waals surface area (Å²) in [5, 5.41) is 3.33. The van der Waals surface area contributed by atoms with E-state index in [-0.39, 0.29) is 18.6 Å². The van der Waals surface area contributed by atoms with Crippen LogP contribution in [0.1, 0.15) is 25.7 Å². The van der Waals surface area contributed by atoms with Gasteiger partial charge in [0.1, 0.15) is 0 Å². The number of nitrogens with zero attached hydrogens (tertiary/aromatic N) is 1. The van der Waals surface area contributed by atoms with Crippen LogP contribution in [0.4, 0.5) is 0 Å². The van der Waals surface area contributed by atoms with Crippen LogP contribution in [0.2, 0.25) is 0 Å². The van der Waals surface area contributed by atoms with Gasteiger partial charge in [-0.25, -0.2) is 5.48 Å². The van der Waals surface area contributed by atoms with Crippen LogP contribution in [0.3, 0.4) is 0 Å². The van der Waals surface area contributed by atoms with E-state index in [1.165, 1.54) is 0 Å². The van der Waals surface area contributed by atoms with Crippen molar-refractivity contribution in [2.75, 3.05) is 26.2 Å². The molecule has 0 aromatic heterocycles. The van der Waals surface area contributed by atoms with Gasteiger partial charge in [-0.15, -0.1) is 0 Å². The highest BCUT2D eigenvalue weighted by Gasteiger charge is 2.35. The minimum Gasteiger partial charge on any atom is -0.368 e. The zero-order chi connectivity index (χ0) is 13.7. The molecule has 0 aromatic rings. The van der Waals surface area contributed by atoms with Gasteiger partial charge in [0.25, 0.3) is 5.91 Å². The lowest BCUT2D eigenvalue weighted by Crippen LogP contribution is -2.50. The maximum atomic E-state index is 12.0. The van der Waals surface area contributed by atoms with Gasteiger partial charge in [-0.1, -0.05) is 0 Å². The summed E-state index contributed by atoms with van der Waals surface area (Å²) < 4.78 is 0. The van der Waals surface area contributed by atoms with E-state index in [0.29, 0.717) is 6.04 Å². The zero-order valence-corrected chi connectivity index (χ0v) is 11.1. The van der Waals surface area contributed by atoms with Crippen LogP contribution in [0, 0.1) is 0 Å². The molecule has 7 nitrogen and oxygen atoms in total. The molecule has 4 N–H and O–H groups in total. The summed E-state index contributed by atoms with van der Waals surface area (Å²) in [6.07, 6.45) is 4.02. The molecule has 2 saturated heterocycles. The Morgan fingerprint density at radius 2 is 2.05 bits per heavy atom. The average Bonchev–Trinajstić information content (AvgIpc) is 2.88. The molecule has 0 saturated carbocycles. The molecule has 7 heteroatoms. The highest BCUT2D eigenvalue weighted by Crippen LogP contribution is 2.24. The van der Waals surface area contributed by atoms with Gasteiger partial charge >= 0.3 is 0 Å². The molecule has 0 aliphatic carbocycles. The molecule has 2 amide bonds. The first-order valence-electron chi connectivity index (χ1n) is 6.85. The van der Waals surface area contributed by atoms with E-state index >= 15 is 0 Å². The van der Waals surface area contributed by atoms with E-state index < -0.39 is 5.91 Å². The van der Waals surface area contributed by atoms with Crippen molar-refractivity contribution in [1.82, 2.24) is 15.7 Å². The molecular formula is C12H22N4O3. The molecule has 1 atom stereocenters. The standard InChI is InChI=1S/C12H22N4O3/c13-11(17)8-19-15-12(18)10-2-1-7-16(10)9-3-5-14-6-4-9/h9-10,14H,1-8H2,(H2,13,17)(H,15,18). The van der Waals surface area contributed by atoms with Crippen LogP contribution in [-0.2, 0) is 14.4 Å². The van der Waals surface area contributed by atoms with E-state index in [1.807, 2.05) is 0 Å². The SMILES string of the molecule is NC(=O)CONC(=O)C1CCCN1C1CCNCC1. The normalized spacial score (nSPS) is 25.4. The number of carbonyl (C=O) groups excluding carboxylic acids is 2. The minimum atomic E-state index is -0.595. The topological polar surface area (TPSA) is 96.7 Å². The maximum Gasteiger partial charge on any atom is 0.260 e. The van der Waals surface area contributed by atoms with Crippen LogP contribution >= 0.6 is 0 Å². The summed E-state index contributed by atoms with van der Waals surface area (Å²) in [6, 6.07) is 0.326. The Hall–Kier alpha value is -1.18. The monoisotopic (exact) mass is 270 g/mol. The second kappa shape index (κ2) is 6.83. The number of amides is 2. The number of nitrogens with two attached hydrogens (primary N) is 1. The van der Waals surface area contributed by atoms with Crippen molar-refractivity contribution in [3.8, 4) is 0 Å². The summed E-state index contributed by atoms with van der Waals surface area (Å²) in [4.78, 5) is 29.6. The average molecular weight is 270 g/mol. The second-order valence-electron chi connectivity index (χ2n) is 5.10. The first-order chi connectivity index (χ1) is 9.18. The van der Waals surface area contributed by atoms with Gasteiger partial charge in [0.05, 0.1) is 6.04 Å². The van der Waals surface area contributed by atoms with E-state index in [1.54, 1.807) is 0 Å². The molecule has 0 bridgehead atoms. The molecule has 2 rings (SSSR count). The Morgan fingerprint density at radius 1 is 1.32 bits per heavy atom. The van der Waals surface area contributed by atoms with Crippen LogP contribution in [-0.4, -0.2) is 55.0 Å². The Kier molecular flexibility index (Phi) is 5.12. The highest BCUT2D eigenvalue weighted by atomic mass is 16.7. The zero-order valence-electron chi connectivity index (χ0n) is 11.1. The predicted octanol–water partition coefficient (Wildman–Crippen LogP) is -1.26. The molecule has 2 aliphatic rings. The second-order valence-corrected chi connectivity index (χ2v) is 5.10. The third kappa shape index (κ3) is 3.89. The summed E-state index contributed by atoms with van der Waals surface area (Å²) in [6.45, 7) is 2.69. The Balaban J connectivity index is 1.83. The van der Waals surface area contributed by atoms with Crippen molar-refractivity contribution < 1.29 is 14.4 Å². The Bertz CT molecular complexity index is 331. The number of nitrogens with one attached hydrogen (secondary N) is 2. The van der Waals surface area contributed by atoms with Gasteiger partial charge < -0.3 is 11.1 Å². The molecule has 2 heterocycles. The third-order valence-electron chi connectivity index (χ3n) is 3.76. The fraction of sp³-hybridized carbons (Fsp3) is 0.833. The van der Waals surface area contributed by atoms with Crippen LogP contribution in [0.25, 0.3) is 0 Å². The van der Waals surface area contributed by atoms with Crippen molar-refractivity contribution in [1.29, 1.82) is 0 Å². The van der Waals surface area contributed by atoms with Crippen molar-refractivity contribution in [2.45, 2.75) is 37.8 Å². The number of hydrogen-bond donors (Lipinski definition) is 3. The number of likely N-dealkylation sites (tertiary alicyclic amines) is 1. The predicted molar refractivity (Wildman–Crippen MR) is 68.9 cm³/mol. The van der Waals surface area contributed by atoms with Crippen molar-refractivity contribution in [3.05, 3.63) is 0 Å². The lowest BCUT2D eigenvalue weighted by atomic mass is 10.0. The summed E-state index contributed by atoms with van der Waals surface area (Å²) in [7, 11) is 0. The van der Waals surface area contributed by atoms with E-state index in [0.717, 1.165) is 45.3 Å². The highest BCUT2D eigenvalue weighted by molar-refractivity contribution is 5.81. The quantitative estimate of drug-likeness (QED) is 0.542. The van der Waals surface area contributed by atoms with Crippen LogP contribution < -0.4 is 16.5 Å². The third-order valence-corrected chi connectivity index (χ3v) is 3.76. The lowest BCUT2D eigenvalue weighted by Gasteiger charge is -2.34. The fourth-order valence-corrected chi connectivity index (χ4v) is 2.89. The number of primary amides is 1.